The molecule has 3 aromatic rings. The van der Waals surface area contributed by atoms with Crippen LogP contribution in [0.5, 0.6) is 0 Å². The van der Waals surface area contributed by atoms with E-state index in [2.05, 4.69) is 73.7 Å². The van der Waals surface area contributed by atoms with Crippen molar-refractivity contribution in [1.82, 2.24) is 0 Å². The summed E-state index contributed by atoms with van der Waals surface area (Å²) in [6, 6.07) is 23.3. The van der Waals surface area contributed by atoms with Gasteiger partial charge in [0.2, 0.25) is 0 Å². The summed E-state index contributed by atoms with van der Waals surface area (Å²) in [6.07, 6.45) is 3.91. The maximum Gasteiger partial charge on any atom is 0.0902 e. The fraction of sp³-hybridized carbons (Fsp3) is 0.304. The minimum Gasteiger partial charge on any atom is -0.385 e. The molecule has 0 aromatic heterocycles. The summed E-state index contributed by atoms with van der Waals surface area (Å²) in [5.74, 6) is 0.718. The van der Waals surface area contributed by atoms with E-state index in [9.17, 15) is 5.11 Å². The molecule has 1 saturated carbocycles. The first kappa shape index (κ1) is 15.4. The lowest BCUT2D eigenvalue weighted by Gasteiger charge is -2.36. The SMILES string of the molecule is CC1CCC(O)(c2ccccc2-c2cccc3ccccc23)CC1. The Kier molecular flexibility index (Phi) is 3.90. The Morgan fingerprint density at radius 3 is 2.25 bits per heavy atom. The largest absolute Gasteiger partial charge is 0.385 e. The molecule has 0 aliphatic heterocycles. The first-order valence-electron chi connectivity index (χ1n) is 8.97. The number of rotatable bonds is 2. The highest BCUT2D eigenvalue weighted by atomic mass is 16.3. The molecule has 0 amide bonds. The van der Waals surface area contributed by atoms with Gasteiger partial charge in [-0.1, -0.05) is 73.7 Å². The monoisotopic (exact) mass is 316 g/mol. The van der Waals surface area contributed by atoms with E-state index in [-0.39, 0.29) is 0 Å². The molecule has 24 heavy (non-hydrogen) atoms. The van der Waals surface area contributed by atoms with Crippen LogP contribution in [0.1, 0.15) is 38.2 Å². The van der Waals surface area contributed by atoms with Crippen LogP contribution in [0.15, 0.2) is 66.7 Å². The standard InChI is InChI=1S/C23H24O/c1-17-13-15-23(24,16-14-17)22-12-5-4-10-21(22)20-11-6-8-18-7-2-3-9-19(18)20/h2-12,17,24H,13-16H2,1H3. The Morgan fingerprint density at radius 1 is 0.792 bits per heavy atom. The molecule has 0 unspecified atom stereocenters. The Balaban J connectivity index is 1.88. The van der Waals surface area contributed by atoms with Gasteiger partial charge >= 0.3 is 0 Å². The van der Waals surface area contributed by atoms with Gasteiger partial charge in [-0.05, 0) is 59.1 Å². The van der Waals surface area contributed by atoms with Gasteiger partial charge in [0.05, 0.1) is 5.60 Å². The normalized spacial score (nSPS) is 24.2. The van der Waals surface area contributed by atoms with E-state index in [0.717, 1.165) is 37.2 Å². The molecule has 1 fully saturated rings. The van der Waals surface area contributed by atoms with Crippen LogP contribution in [-0.2, 0) is 5.60 Å². The second-order valence-electron chi connectivity index (χ2n) is 7.29. The summed E-state index contributed by atoms with van der Waals surface area (Å²) in [4.78, 5) is 0. The molecule has 0 spiro atoms. The zero-order valence-electron chi connectivity index (χ0n) is 14.2. The molecule has 0 radical (unpaired) electrons. The molecule has 0 saturated heterocycles. The third-order valence-electron chi connectivity index (χ3n) is 5.61. The average molecular weight is 316 g/mol. The first-order chi connectivity index (χ1) is 11.7. The van der Waals surface area contributed by atoms with E-state index in [1.54, 1.807) is 0 Å². The van der Waals surface area contributed by atoms with E-state index in [0.29, 0.717) is 0 Å². The maximum absolute atomic E-state index is 11.4. The van der Waals surface area contributed by atoms with Crippen molar-refractivity contribution in [2.24, 2.45) is 5.92 Å². The lowest BCUT2D eigenvalue weighted by molar-refractivity contribution is -0.0115. The minimum absolute atomic E-state index is 0.694. The fourth-order valence-electron chi connectivity index (χ4n) is 4.09. The molecule has 0 bridgehead atoms. The van der Waals surface area contributed by atoms with E-state index < -0.39 is 5.60 Å². The van der Waals surface area contributed by atoms with Crippen molar-refractivity contribution < 1.29 is 5.11 Å². The van der Waals surface area contributed by atoms with Crippen molar-refractivity contribution >= 4 is 10.8 Å². The summed E-state index contributed by atoms with van der Waals surface area (Å²) < 4.78 is 0. The van der Waals surface area contributed by atoms with Crippen molar-refractivity contribution in [3.05, 3.63) is 72.3 Å². The van der Waals surface area contributed by atoms with Gasteiger partial charge < -0.3 is 5.11 Å². The highest BCUT2D eigenvalue weighted by Crippen LogP contribution is 2.44. The van der Waals surface area contributed by atoms with Crippen molar-refractivity contribution in [2.75, 3.05) is 0 Å². The van der Waals surface area contributed by atoms with Gasteiger partial charge in [-0.2, -0.15) is 0 Å². The first-order valence-corrected chi connectivity index (χ1v) is 8.97. The Labute approximate surface area is 144 Å². The quantitative estimate of drug-likeness (QED) is 0.623. The molecule has 1 nitrogen and oxygen atoms in total. The van der Waals surface area contributed by atoms with Crippen LogP contribution in [0.3, 0.4) is 0 Å². The van der Waals surface area contributed by atoms with Gasteiger partial charge in [-0.15, -0.1) is 0 Å². The Bertz CT molecular complexity index is 851. The molecular weight excluding hydrogens is 292 g/mol. The second-order valence-corrected chi connectivity index (χ2v) is 7.29. The van der Waals surface area contributed by atoms with Gasteiger partial charge in [0.25, 0.3) is 0 Å². The van der Waals surface area contributed by atoms with Crippen LogP contribution in [0.4, 0.5) is 0 Å². The van der Waals surface area contributed by atoms with Crippen molar-refractivity contribution in [3.8, 4) is 11.1 Å². The third kappa shape index (κ3) is 2.63. The number of benzene rings is 3. The van der Waals surface area contributed by atoms with Crippen LogP contribution in [0, 0.1) is 5.92 Å². The molecular formula is C23H24O. The molecule has 1 heteroatoms. The molecule has 0 atom stereocenters. The van der Waals surface area contributed by atoms with Crippen LogP contribution in [0.2, 0.25) is 0 Å². The van der Waals surface area contributed by atoms with Crippen LogP contribution >= 0.6 is 0 Å². The summed E-state index contributed by atoms with van der Waals surface area (Å²) in [5, 5.41) is 13.9. The van der Waals surface area contributed by atoms with Gasteiger partial charge in [-0.3, -0.25) is 0 Å². The highest BCUT2D eigenvalue weighted by molar-refractivity contribution is 5.97. The summed E-state index contributed by atoms with van der Waals surface area (Å²) in [5.41, 5.74) is 2.79. The van der Waals surface area contributed by atoms with Gasteiger partial charge in [0.1, 0.15) is 0 Å². The molecule has 122 valence electrons. The number of aliphatic hydroxyl groups is 1. The summed E-state index contributed by atoms with van der Waals surface area (Å²) in [7, 11) is 0. The Hall–Kier alpha value is -2.12. The number of hydrogen-bond donors (Lipinski definition) is 1. The van der Waals surface area contributed by atoms with Crippen molar-refractivity contribution in [1.29, 1.82) is 0 Å². The highest BCUT2D eigenvalue weighted by Gasteiger charge is 2.35. The second kappa shape index (κ2) is 6.07. The van der Waals surface area contributed by atoms with Crippen LogP contribution < -0.4 is 0 Å². The maximum atomic E-state index is 11.4. The average Bonchev–Trinajstić information content (AvgIpc) is 2.64. The minimum atomic E-state index is -0.694. The molecule has 1 aliphatic carbocycles. The molecule has 1 N–H and O–H groups in total. The van der Waals surface area contributed by atoms with E-state index in [1.165, 1.54) is 21.9 Å². The van der Waals surface area contributed by atoms with Gasteiger partial charge in [-0.25, -0.2) is 0 Å². The summed E-state index contributed by atoms with van der Waals surface area (Å²) in [6.45, 7) is 2.29. The smallest absolute Gasteiger partial charge is 0.0902 e. The predicted molar refractivity (Wildman–Crippen MR) is 101 cm³/mol. The third-order valence-corrected chi connectivity index (χ3v) is 5.61. The fourth-order valence-corrected chi connectivity index (χ4v) is 4.09. The molecule has 0 heterocycles. The zero-order chi connectivity index (χ0) is 16.6. The van der Waals surface area contributed by atoms with Crippen molar-refractivity contribution in [2.45, 2.75) is 38.2 Å². The van der Waals surface area contributed by atoms with E-state index >= 15 is 0 Å². The van der Waals surface area contributed by atoms with E-state index in [4.69, 9.17) is 0 Å². The lowest BCUT2D eigenvalue weighted by atomic mass is 9.73. The Morgan fingerprint density at radius 2 is 1.42 bits per heavy atom. The summed E-state index contributed by atoms with van der Waals surface area (Å²) >= 11 is 0. The van der Waals surface area contributed by atoms with Crippen molar-refractivity contribution in [3.63, 3.8) is 0 Å². The lowest BCUT2D eigenvalue weighted by Crippen LogP contribution is -2.31. The topological polar surface area (TPSA) is 20.2 Å². The molecule has 3 aromatic carbocycles. The number of hydrogen-bond acceptors (Lipinski definition) is 1. The van der Waals surface area contributed by atoms with Gasteiger partial charge in [0.15, 0.2) is 0 Å². The van der Waals surface area contributed by atoms with Crippen LogP contribution in [0.25, 0.3) is 21.9 Å². The van der Waals surface area contributed by atoms with E-state index in [1.807, 2.05) is 0 Å². The predicted octanol–water partition coefficient (Wildman–Crippen LogP) is 5.90. The molecule has 4 rings (SSSR count). The number of fused-ring (bicyclic) bond motifs is 1. The molecule has 1 aliphatic rings. The van der Waals surface area contributed by atoms with Gasteiger partial charge in [0, 0.05) is 0 Å². The van der Waals surface area contributed by atoms with Crippen LogP contribution in [-0.4, -0.2) is 5.11 Å². The zero-order valence-corrected chi connectivity index (χ0v) is 14.2.